The number of imidazole rings is 1. The number of aliphatic imine (C=N–C) groups is 1. The number of hydrogen-bond donors (Lipinski definition) is 3. The second kappa shape index (κ2) is 5.88. The average Bonchev–Trinajstić information content (AvgIpc) is 2.93. The molecule has 2 aromatic carbocycles. The van der Waals surface area contributed by atoms with Crippen LogP contribution in [-0.4, -0.2) is 35.5 Å². The van der Waals surface area contributed by atoms with E-state index in [2.05, 4.69) is 15.0 Å². The fraction of sp³-hybridized carbons (Fsp3) is 0.125. The molecule has 0 radical (unpaired) electrons. The highest BCUT2D eigenvalue weighted by atomic mass is 16.5. The van der Waals surface area contributed by atoms with E-state index >= 15 is 0 Å². The first-order valence-electron chi connectivity index (χ1n) is 6.82. The van der Waals surface area contributed by atoms with Crippen LogP contribution in [0, 0.1) is 0 Å². The number of aromatic nitrogens is 2. The second-order valence-electron chi connectivity index (χ2n) is 4.84. The highest BCUT2D eigenvalue weighted by Crippen LogP contribution is 2.36. The van der Waals surface area contributed by atoms with Crippen LogP contribution in [0.3, 0.4) is 0 Å². The Morgan fingerprint density at radius 1 is 1.04 bits per heavy atom. The van der Waals surface area contributed by atoms with Crippen LogP contribution in [-0.2, 0) is 0 Å². The molecule has 3 rings (SSSR count). The molecular weight excluding hydrogens is 298 g/mol. The first-order valence-corrected chi connectivity index (χ1v) is 6.82. The first kappa shape index (κ1) is 14.7. The summed E-state index contributed by atoms with van der Waals surface area (Å²) >= 11 is 0. The molecular formula is C16H15N3O4. The van der Waals surface area contributed by atoms with Gasteiger partial charge in [0.2, 0.25) is 5.75 Å². The Bertz CT molecular complexity index is 915. The highest BCUT2D eigenvalue weighted by molar-refractivity contribution is 5.86. The molecule has 0 saturated carbocycles. The van der Waals surface area contributed by atoms with Gasteiger partial charge in [-0.1, -0.05) is 0 Å². The Morgan fingerprint density at radius 2 is 1.70 bits per heavy atom. The molecule has 3 N–H and O–H groups in total. The molecule has 0 unspecified atom stereocenters. The van der Waals surface area contributed by atoms with Crippen molar-refractivity contribution in [3.63, 3.8) is 0 Å². The van der Waals surface area contributed by atoms with Gasteiger partial charge in [-0.15, -0.1) is 0 Å². The molecule has 3 aromatic rings. The van der Waals surface area contributed by atoms with E-state index in [9.17, 15) is 9.90 Å². The number of nitrogens with zero attached hydrogens (tertiary/aromatic N) is 1. The van der Waals surface area contributed by atoms with E-state index in [1.54, 1.807) is 36.5 Å². The Hall–Kier alpha value is -3.22. The van der Waals surface area contributed by atoms with Crippen LogP contribution in [0.2, 0.25) is 0 Å². The summed E-state index contributed by atoms with van der Waals surface area (Å²) < 4.78 is 10.2. The minimum Gasteiger partial charge on any atom is -0.502 e. The number of phenolic OH excluding ortho intramolecular Hbond substituents is 1. The van der Waals surface area contributed by atoms with Gasteiger partial charge < -0.3 is 24.5 Å². The van der Waals surface area contributed by atoms with Crippen LogP contribution < -0.4 is 15.2 Å². The largest absolute Gasteiger partial charge is 0.502 e. The van der Waals surface area contributed by atoms with E-state index in [-0.39, 0.29) is 11.4 Å². The fourth-order valence-corrected chi connectivity index (χ4v) is 2.24. The Balaban J connectivity index is 1.95. The molecule has 0 amide bonds. The molecule has 0 aliphatic rings. The van der Waals surface area contributed by atoms with Crippen molar-refractivity contribution >= 4 is 22.9 Å². The van der Waals surface area contributed by atoms with Gasteiger partial charge in [0.15, 0.2) is 11.5 Å². The third kappa shape index (κ3) is 2.89. The van der Waals surface area contributed by atoms with E-state index in [1.807, 2.05) is 0 Å². The van der Waals surface area contributed by atoms with Crippen molar-refractivity contribution in [2.45, 2.75) is 0 Å². The third-order valence-corrected chi connectivity index (χ3v) is 3.36. The molecule has 0 aliphatic heterocycles. The predicted octanol–water partition coefficient (Wildman–Crippen LogP) is 2.33. The first-order chi connectivity index (χ1) is 11.1. The van der Waals surface area contributed by atoms with Gasteiger partial charge in [0.1, 0.15) is 0 Å². The fourth-order valence-electron chi connectivity index (χ4n) is 2.24. The van der Waals surface area contributed by atoms with Crippen molar-refractivity contribution in [2.75, 3.05) is 14.2 Å². The molecule has 23 heavy (non-hydrogen) atoms. The number of fused-ring (bicyclic) bond motifs is 1. The van der Waals surface area contributed by atoms with Gasteiger partial charge in [-0.25, -0.2) is 4.79 Å². The Labute approximate surface area is 131 Å². The monoisotopic (exact) mass is 313 g/mol. The molecule has 0 fully saturated rings. The number of hydrogen-bond acceptors (Lipinski definition) is 5. The summed E-state index contributed by atoms with van der Waals surface area (Å²) in [6.45, 7) is 0. The zero-order valence-electron chi connectivity index (χ0n) is 12.6. The smallest absolute Gasteiger partial charge is 0.323 e. The minimum atomic E-state index is -0.255. The molecule has 0 aliphatic carbocycles. The summed E-state index contributed by atoms with van der Waals surface area (Å²) in [4.78, 5) is 21.0. The maximum absolute atomic E-state index is 11.3. The van der Waals surface area contributed by atoms with E-state index in [4.69, 9.17) is 9.47 Å². The lowest BCUT2D eigenvalue weighted by molar-refractivity contribution is 0.340. The van der Waals surface area contributed by atoms with Crippen molar-refractivity contribution in [3.05, 3.63) is 46.4 Å². The predicted molar refractivity (Wildman–Crippen MR) is 87.4 cm³/mol. The average molecular weight is 313 g/mol. The van der Waals surface area contributed by atoms with Crippen molar-refractivity contribution in [3.8, 4) is 17.2 Å². The summed E-state index contributed by atoms with van der Waals surface area (Å²) in [5, 5.41) is 9.89. The maximum Gasteiger partial charge on any atom is 0.323 e. The van der Waals surface area contributed by atoms with Crippen LogP contribution in [0.25, 0.3) is 11.0 Å². The van der Waals surface area contributed by atoms with Crippen molar-refractivity contribution in [1.82, 2.24) is 9.97 Å². The van der Waals surface area contributed by atoms with E-state index in [0.29, 0.717) is 28.3 Å². The van der Waals surface area contributed by atoms with Crippen molar-refractivity contribution < 1.29 is 14.6 Å². The van der Waals surface area contributed by atoms with Crippen LogP contribution in [0.15, 0.2) is 40.1 Å². The maximum atomic E-state index is 11.3. The molecule has 0 atom stereocenters. The zero-order chi connectivity index (χ0) is 16.4. The van der Waals surface area contributed by atoms with Crippen LogP contribution in [0.4, 0.5) is 5.69 Å². The van der Waals surface area contributed by atoms with Gasteiger partial charge in [0, 0.05) is 11.8 Å². The van der Waals surface area contributed by atoms with Crippen molar-refractivity contribution in [1.29, 1.82) is 0 Å². The number of phenols is 1. The van der Waals surface area contributed by atoms with Crippen LogP contribution in [0.5, 0.6) is 17.2 Å². The highest BCUT2D eigenvalue weighted by Gasteiger charge is 2.10. The number of benzene rings is 2. The SMILES string of the molecule is COc1cc(C=Nc2ccc3[nH]c(=O)[nH]c3c2)cc(OC)c1O. The van der Waals surface area contributed by atoms with Gasteiger partial charge in [0.25, 0.3) is 0 Å². The Morgan fingerprint density at radius 3 is 2.35 bits per heavy atom. The number of aromatic hydroxyl groups is 1. The van der Waals surface area contributed by atoms with Crippen LogP contribution >= 0.6 is 0 Å². The molecule has 0 spiro atoms. The summed E-state index contributed by atoms with van der Waals surface area (Å²) in [5.74, 6) is 0.547. The van der Waals surface area contributed by atoms with Crippen LogP contribution in [0.1, 0.15) is 5.56 Å². The van der Waals surface area contributed by atoms with Gasteiger partial charge in [0.05, 0.1) is 30.9 Å². The van der Waals surface area contributed by atoms with Gasteiger partial charge in [-0.2, -0.15) is 0 Å². The van der Waals surface area contributed by atoms with Gasteiger partial charge >= 0.3 is 5.69 Å². The normalized spacial score (nSPS) is 11.2. The minimum absolute atomic E-state index is 0.0570. The number of rotatable bonds is 4. The van der Waals surface area contributed by atoms with Crippen molar-refractivity contribution in [2.24, 2.45) is 4.99 Å². The quantitative estimate of drug-likeness (QED) is 0.644. The summed E-state index contributed by atoms with van der Waals surface area (Å²) in [6, 6.07) is 8.63. The lowest BCUT2D eigenvalue weighted by Crippen LogP contribution is -1.99. The second-order valence-corrected chi connectivity index (χ2v) is 4.84. The lowest BCUT2D eigenvalue weighted by Gasteiger charge is -2.09. The molecule has 0 saturated heterocycles. The standard InChI is InChI=1S/C16H15N3O4/c1-22-13-5-9(6-14(23-2)15(13)20)8-17-10-3-4-11-12(7-10)19-16(21)18-11/h3-8,20H,1-2H3,(H2,18,19,21). The lowest BCUT2D eigenvalue weighted by atomic mass is 10.2. The van der Waals surface area contributed by atoms with E-state index < -0.39 is 0 Å². The Kier molecular flexibility index (Phi) is 3.76. The third-order valence-electron chi connectivity index (χ3n) is 3.36. The summed E-state index contributed by atoms with van der Waals surface area (Å²) in [5.41, 5.74) is 2.54. The number of methoxy groups -OCH3 is 2. The van der Waals surface area contributed by atoms with Gasteiger partial charge in [-0.3, -0.25) is 4.99 Å². The summed E-state index contributed by atoms with van der Waals surface area (Å²) in [7, 11) is 2.93. The zero-order valence-corrected chi connectivity index (χ0v) is 12.6. The number of nitrogens with one attached hydrogen (secondary N) is 2. The number of ether oxygens (including phenoxy) is 2. The molecule has 118 valence electrons. The molecule has 1 heterocycles. The topological polar surface area (TPSA) is 99.7 Å². The number of aromatic amines is 2. The molecule has 7 nitrogen and oxygen atoms in total. The van der Waals surface area contributed by atoms with E-state index in [0.717, 1.165) is 5.52 Å². The number of H-pyrrole nitrogens is 2. The molecule has 1 aromatic heterocycles. The molecule has 0 bridgehead atoms. The van der Waals surface area contributed by atoms with Gasteiger partial charge in [-0.05, 0) is 30.3 Å². The molecule has 7 heteroatoms. The summed E-state index contributed by atoms with van der Waals surface area (Å²) in [6.07, 6.45) is 1.62. The van der Waals surface area contributed by atoms with E-state index in [1.165, 1.54) is 14.2 Å².